The van der Waals surface area contributed by atoms with E-state index in [0.717, 1.165) is 31.0 Å². The van der Waals surface area contributed by atoms with Gasteiger partial charge in [0.25, 0.3) is 5.91 Å². The number of sulfonamides is 1. The number of hydrogen-bond donors (Lipinski definition) is 1. The number of para-hydroxylation sites is 2. The lowest BCUT2D eigenvalue weighted by atomic mass is 10.0. The molecule has 1 atom stereocenters. The van der Waals surface area contributed by atoms with Crippen LogP contribution < -0.4 is 4.72 Å². The minimum atomic E-state index is -3.28. The van der Waals surface area contributed by atoms with Gasteiger partial charge in [-0.05, 0) is 31.4 Å². The van der Waals surface area contributed by atoms with Gasteiger partial charge < -0.3 is 4.90 Å². The van der Waals surface area contributed by atoms with Crippen LogP contribution in [0.5, 0.6) is 0 Å². The molecular formula is C16H20N4O3S. The van der Waals surface area contributed by atoms with E-state index in [4.69, 9.17) is 0 Å². The first kappa shape index (κ1) is 16.8. The quantitative estimate of drug-likeness (QED) is 0.895. The van der Waals surface area contributed by atoms with Crippen molar-refractivity contribution in [1.82, 2.24) is 19.6 Å². The fourth-order valence-electron chi connectivity index (χ4n) is 2.94. The fourth-order valence-corrected chi connectivity index (χ4v) is 3.43. The lowest BCUT2D eigenvalue weighted by Gasteiger charge is -2.35. The normalized spacial score (nSPS) is 18.7. The van der Waals surface area contributed by atoms with Gasteiger partial charge in [-0.2, -0.15) is 0 Å². The van der Waals surface area contributed by atoms with E-state index in [9.17, 15) is 13.2 Å². The molecule has 1 N–H and O–H groups in total. The number of piperidine rings is 1. The summed E-state index contributed by atoms with van der Waals surface area (Å²) in [6.45, 7) is 0.828. The molecule has 8 heteroatoms. The van der Waals surface area contributed by atoms with Gasteiger partial charge in [-0.25, -0.2) is 18.1 Å². The van der Waals surface area contributed by atoms with Crippen LogP contribution in [0.1, 0.15) is 29.8 Å². The highest BCUT2D eigenvalue weighted by Gasteiger charge is 2.29. The number of benzene rings is 1. The van der Waals surface area contributed by atoms with E-state index >= 15 is 0 Å². The molecule has 128 valence electrons. The summed E-state index contributed by atoms with van der Waals surface area (Å²) < 4.78 is 25.2. The van der Waals surface area contributed by atoms with E-state index in [1.54, 1.807) is 4.90 Å². The van der Waals surface area contributed by atoms with Crippen molar-refractivity contribution in [3.05, 3.63) is 36.2 Å². The molecule has 1 aromatic carbocycles. The molecule has 1 amide bonds. The fraction of sp³-hybridized carbons (Fsp3) is 0.438. The van der Waals surface area contributed by atoms with Crippen molar-refractivity contribution >= 4 is 27.0 Å². The van der Waals surface area contributed by atoms with E-state index in [2.05, 4.69) is 14.7 Å². The van der Waals surface area contributed by atoms with Gasteiger partial charge in [0.05, 0.1) is 23.5 Å². The SMILES string of the molecule is CS(=O)(=O)NC[C@@H]1CCCCN1C(=O)c1cnc2ccccc2n1. The number of nitrogens with one attached hydrogen (secondary N) is 1. The van der Waals surface area contributed by atoms with Crippen LogP contribution in [0.3, 0.4) is 0 Å². The van der Waals surface area contributed by atoms with E-state index < -0.39 is 10.0 Å². The minimum Gasteiger partial charge on any atom is -0.333 e. The predicted molar refractivity (Wildman–Crippen MR) is 91.1 cm³/mol. The van der Waals surface area contributed by atoms with Crippen molar-refractivity contribution in [3.8, 4) is 0 Å². The molecule has 1 aliphatic heterocycles. The third-order valence-electron chi connectivity index (χ3n) is 4.14. The summed E-state index contributed by atoms with van der Waals surface area (Å²) in [5, 5.41) is 0. The van der Waals surface area contributed by atoms with E-state index in [1.165, 1.54) is 6.20 Å². The number of likely N-dealkylation sites (tertiary alicyclic amines) is 1. The van der Waals surface area contributed by atoms with Crippen LogP contribution >= 0.6 is 0 Å². The zero-order chi connectivity index (χ0) is 17.2. The molecule has 1 fully saturated rings. The van der Waals surface area contributed by atoms with Crippen LogP contribution in [0.15, 0.2) is 30.5 Å². The molecule has 0 radical (unpaired) electrons. The molecule has 0 bridgehead atoms. The number of fused-ring (bicyclic) bond motifs is 1. The number of hydrogen-bond acceptors (Lipinski definition) is 5. The van der Waals surface area contributed by atoms with Gasteiger partial charge in [-0.3, -0.25) is 9.78 Å². The molecular weight excluding hydrogens is 328 g/mol. The highest BCUT2D eigenvalue weighted by molar-refractivity contribution is 7.88. The summed E-state index contributed by atoms with van der Waals surface area (Å²) >= 11 is 0. The molecule has 2 heterocycles. The van der Waals surface area contributed by atoms with Crippen LogP contribution in [0.4, 0.5) is 0 Å². The Morgan fingerprint density at radius 1 is 1.29 bits per heavy atom. The Morgan fingerprint density at radius 2 is 2.04 bits per heavy atom. The Bertz CT molecular complexity index is 853. The Morgan fingerprint density at radius 3 is 2.79 bits per heavy atom. The molecule has 1 aliphatic rings. The van der Waals surface area contributed by atoms with Crippen LogP contribution in [-0.4, -0.2) is 54.6 Å². The maximum atomic E-state index is 12.8. The first-order chi connectivity index (χ1) is 11.4. The molecule has 24 heavy (non-hydrogen) atoms. The molecule has 3 rings (SSSR count). The number of carbonyl (C=O) groups is 1. The topological polar surface area (TPSA) is 92.3 Å². The number of nitrogens with zero attached hydrogens (tertiary/aromatic N) is 3. The van der Waals surface area contributed by atoms with Crippen LogP contribution in [0.25, 0.3) is 11.0 Å². The van der Waals surface area contributed by atoms with Crippen molar-refractivity contribution < 1.29 is 13.2 Å². The van der Waals surface area contributed by atoms with Crippen molar-refractivity contribution in [2.24, 2.45) is 0 Å². The summed E-state index contributed by atoms with van der Waals surface area (Å²) in [5.74, 6) is -0.201. The Hall–Kier alpha value is -2.06. The van der Waals surface area contributed by atoms with Crippen molar-refractivity contribution in [2.45, 2.75) is 25.3 Å². The second kappa shape index (κ2) is 6.82. The third kappa shape index (κ3) is 3.88. The maximum absolute atomic E-state index is 12.8. The Labute approximate surface area is 141 Å². The van der Waals surface area contributed by atoms with Crippen LogP contribution in [-0.2, 0) is 10.0 Å². The maximum Gasteiger partial charge on any atom is 0.274 e. The van der Waals surface area contributed by atoms with Crippen molar-refractivity contribution in [2.75, 3.05) is 19.3 Å². The molecule has 0 spiro atoms. The van der Waals surface area contributed by atoms with E-state index in [0.29, 0.717) is 17.8 Å². The predicted octanol–water partition coefficient (Wildman–Crippen LogP) is 1.17. The van der Waals surface area contributed by atoms with Crippen LogP contribution in [0, 0.1) is 0 Å². The van der Waals surface area contributed by atoms with Crippen LogP contribution in [0.2, 0.25) is 0 Å². The average Bonchev–Trinajstić information content (AvgIpc) is 2.58. The summed E-state index contributed by atoms with van der Waals surface area (Å²) in [6, 6.07) is 7.23. The van der Waals surface area contributed by atoms with Gasteiger partial charge in [-0.15, -0.1) is 0 Å². The number of aromatic nitrogens is 2. The highest BCUT2D eigenvalue weighted by atomic mass is 32.2. The zero-order valence-corrected chi connectivity index (χ0v) is 14.3. The Kier molecular flexibility index (Phi) is 4.77. The van der Waals surface area contributed by atoms with Gasteiger partial charge in [-0.1, -0.05) is 12.1 Å². The summed E-state index contributed by atoms with van der Waals surface area (Å²) in [6.07, 6.45) is 5.26. The number of carbonyl (C=O) groups excluding carboxylic acids is 1. The molecule has 0 unspecified atom stereocenters. The summed E-state index contributed by atoms with van der Waals surface area (Å²) in [5.41, 5.74) is 1.70. The number of rotatable bonds is 4. The molecule has 1 aromatic heterocycles. The monoisotopic (exact) mass is 348 g/mol. The third-order valence-corrected chi connectivity index (χ3v) is 4.83. The smallest absolute Gasteiger partial charge is 0.274 e. The van der Waals surface area contributed by atoms with E-state index in [-0.39, 0.29) is 18.5 Å². The second-order valence-electron chi connectivity index (χ2n) is 6.01. The van der Waals surface area contributed by atoms with Gasteiger partial charge in [0.1, 0.15) is 5.69 Å². The highest BCUT2D eigenvalue weighted by Crippen LogP contribution is 2.19. The molecule has 2 aromatic rings. The van der Waals surface area contributed by atoms with Crippen molar-refractivity contribution in [1.29, 1.82) is 0 Å². The average molecular weight is 348 g/mol. The lowest BCUT2D eigenvalue weighted by Crippen LogP contribution is -2.49. The zero-order valence-electron chi connectivity index (χ0n) is 13.5. The molecule has 0 aliphatic carbocycles. The number of amides is 1. The first-order valence-corrected chi connectivity index (χ1v) is 9.80. The van der Waals surface area contributed by atoms with Gasteiger partial charge in [0.2, 0.25) is 10.0 Å². The van der Waals surface area contributed by atoms with E-state index in [1.807, 2.05) is 24.3 Å². The molecule has 0 saturated carbocycles. The standard InChI is InChI=1S/C16H20N4O3S/c1-24(22,23)18-10-12-6-4-5-9-20(12)16(21)15-11-17-13-7-2-3-8-14(13)19-15/h2-3,7-8,11-12,18H,4-6,9-10H2,1H3/t12-/m0/s1. The Balaban J connectivity index is 1.82. The van der Waals surface area contributed by atoms with Gasteiger partial charge in [0.15, 0.2) is 0 Å². The minimum absolute atomic E-state index is 0.158. The summed E-state index contributed by atoms with van der Waals surface area (Å²) in [4.78, 5) is 23.2. The largest absolute Gasteiger partial charge is 0.333 e. The second-order valence-corrected chi connectivity index (χ2v) is 7.85. The summed E-state index contributed by atoms with van der Waals surface area (Å²) in [7, 11) is -3.28. The first-order valence-electron chi connectivity index (χ1n) is 7.91. The lowest BCUT2D eigenvalue weighted by molar-refractivity contribution is 0.0612. The van der Waals surface area contributed by atoms with Gasteiger partial charge >= 0.3 is 0 Å². The molecule has 7 nitrogen and oxygen atoms in total. The van der Waals surface area contributed by atoms with Gasteiger partial charge in [0, 0.05) is 19.1 Å². The van der Waals surface area contributed by atoms with Crippen molar-refractivity contribution in [3.63, 3.8) is 0 Å². The molecule has 1 saturated heterocycles.